The van der Waals surface area contributed by atoms with E-state index in [2.05, 4.69) is 17.2 Å². The van der Waals surface area contributed by atoms with Gasteiger partial charge >= 0.3 is 0 Å². The fourth-order valence-electron chi connectivity index (χ4n) is 1.78. The molecule has 0 aliphatic rings. The van der Waals surface area contributed by atoms with E-state index in [1.165, 1.54) is 11.3 Å². The quantitative estimate of drug-likeness (QED) is 0.902. The maximum absolute atomic E-state index is 12.2. The largest absolute Gasteiger partial charge is 0.362 e. The minimum absolute atomic E-state index is 0.0349. The van der Waals surface area contributed by atoms with Crippen molar-refractivity contribution < 1.29 is 0 Å². The zero-order valence-electron chi connectivity index (χ0n) is 10.6. The Kier molecular flexibility index (Phi) is 4.15. The Labute approximate surface area is 110 Å². The molecule has 0 fully saturated rings. The van der Waals surface area contributed by atoms with E-state index in [9.17, 15) is 4.79 Å². The van der Waals surface area contributed by atoms with E-state index in [1.54, 1.807) is 4.57 Å². The van der Waals surface area contributed by atoms with Crippen molar-refractivity contribution in [2.24, 2.45) is 0 Å². The van der Waals surface area contributed by atoms with Crippen molar-refractivity contribution in [3.05, 3.63) is 34.1 Å². The second-order valence-electron chi connectivity index (χ2n) is 3.99. The van der Waals surface area contributed by atoms with Gasteiger partial charge < -0.3 is 9.88 Å². The summed E-state index contributed by atoms with van der Waals surface area (Å²) in [4.78, 5) is 16.7. The highest BCUT2D eigenvalue weighted by atomic mass is 32.1. The molecule has 1 N–H and O–H groups in total. The highest BCUT2D eigenvalue weighted by Crippen LogP contribution is 2.22. The van der Waals surface area contributed by atoms with Crippen LogP contribution >= 0.6 is 11.3 Å². The van der Waals surface area contributed by atoms with Gasteiger partial charge in [0.15, 0.2) is 5.13 Å². The van der Waals surface area contributed by atoms with Crippen molar-refractivity contribution >= 4 is 16.5 Å². The summed E-state index contributed by atoms with van der Waals surface area (Å²) in [5.74, 6) is 0. The molecule has 0 aliphatic heterocycles. The average molecular weight is 263 g/mol. The van der Waals surface area contributed by atoms with Gasteiger partial charge in [0.2, 0.25) is 0 Å². The molecular weight excluding hydrogens is 246 g/mol. The lowest BCUT2D eigenvalue weighted by atomic mass is 10.2. The Morgan fingerprint density at radius 1 is 1.44 bits per heavy atom. The van der Waals surface area contributed by atoms with Crippen LogP contribution in [0.5, 0.6) is 0 Å². The number of pyridine rings is 1. The molecule has 0 atom stereocenters. The van der Waals surface area contributed by atoms with E-state index in [4.69, 9.17) is 0 Å². The highest BCUT2D eigenvalue weighted by molar-refractivity contribution is 7.14. The number of hydrogen-bond acceptors (Lipinski definition) is 4. The van der Waals surface area contributed by atoms with Gasteiger partial charge in [0.05, 0.1) is 11.3 Å². The van der Waals surface area contributed by atoms with Gasteiger partial charge in [-0.1, -0.05) is 6.92 Å². The monoisotopic (exact) mass is 263 g/mol. The van der Waals surface area contributed by atoms with Gasteiger partial charge in [-0.05, 0) is 25.5 Å². The van der Waals surface area contributed by atoms with Crippen LogP contribution in [0.15, 0.2) is 28.5 Å². The molecule has 2 rings (SSSR count). The van der Waals surface area contributed by atoms with Crippen LogP contribution in [0, 0.1) is 0 Å². The first-order valence-corrected chi connectivity index (χ1v) is 7.03. The normalized spacial score (nSPS) is 10.6. The molecule has 0 radical (unpaired) electrons. The number of nitrogens with one attached hydrogen (secondary N) is 1. The first-order chi connectivity index (χ1) is 8.76. The minimum Gasteiger partial charge on any atom is -0.362 e. The summed E-state index contributed by atoms with van der Waals surface area (Å²) >= 11 is 1.53. The minimum atomic E-state index is 0.0349. The van der Waals surface area contributed by atoms with Crippen molar-refractivity contribution in [2.45, 2.75) is 26.8 Å². The van der Waals surface area contributed by atoms with Crippen molar-refractivity contribution in [3.63, 3.8) is 0 Å². The molecule has 5 heteroatoms. The van der Waals surface area contributed by atoms with E-state index in [-0.39, 0.29) is 5.56 Å². The number of anilines is 1. The lowest BCUT2D eigenvalue weighted by molar-refractivity contribution is 0.655. The SMILES string of the molecule is CCCn1cccc(-c2csc(NCC)n2)c1=O. The zero-order valence-corrected chi connectivity index (χ0v) is 11.5. The first kappa shape index (κ1) is 12.8. The Bertz CT molecular complexity index is 574. The maximum atomic E-state index is 12.2. The Hall–Kier alpha value is -1.62. The second-order valence-corrected chi connectivity index (χ2v) is 4.85. The summed E-state index contributed by atoms with van der Waals surface area (Å²) in [6, 6.07) is 3.73. The lowest BCUT2D eigenvalue weighted by Crippen LogP contribution is -2.20. The molecule has 2 aromatic heterocycles. The van der Waals surface area contributed by atoms with E-state index >= 15 is 0 Å². The molecule has 0 aliphatic carbocycles. The number of nitrogens with zero attached hydrogens (tertiary/aromatic N) is 2. The molecule has 2 heterocycles. The molecule has 0 bridgehead atoms. The molecule has 2 aromatic rings. The van der Waals surface area contributed by atoms with Crippen LogP contribution in [0.25, 0.3) is 11.3 Å². The number of hydrogen-bond donors (Lipinski definition) is 1. The number of thiazole rings is 1. The topological polar surface area (TPSA) is 46.9 Å². The predicted molar refractivity (Wildman–Crippen MR) is 76.3 cm³/mol. The van der Waals surface area contributed by atoms with Gasteiger partial charge in [-0.15, -0.1) is 11.3 Å². The van der Waals surface area contributed by atoms with Crippen LogP contribution in [0.4, 0.5) is 5.13 Å². The smallest absolute Gasteiger partial charge is 0.260 e. The predicted octanol–water partition coefficient (Wildman–Crippen LogP) is 2.81. The molecule has 0 unspecified atom stereocenters. The second kappa shape index (κ2) is 5.82. The van der Waals surface area contributed by atoms with Crippen molar-refractivity contribution in [1.82, 2.24) is 9.55 Å². The van der Waals surface area contributed by atoms with Gasteiger partial charge in [0.25, 0.3) is 5.56 Å². The van der Waals surface area contributed by atoms with Gasteiger partial charge in [-0.25, -0.2) is 4.98 Å². The molecule has 0 saturated carbocycles. The molecule has 18 heavy (non-hydrogen) atoms. The van der Waals surface area contributed by atoms with E-state index in [0.29, 0.717) is 5.56 Å². The number of aromatic nitrogens is 2. The van der Waals surface area contributed by atoms with Crippen LogP contribution in [-0.4, -0.2) is 16.1 Å². The zero-order chi connectivity index (χ0) is 13.0. The fraction of sp³-hybridized carbons (Fsp3) is 0.385. The standard InChI is InChI=1S/C13H17N3OS/c1-3-7-16-8-5-6-10(12(16)17)11-9-18-13(15-11)14-4-2/h5-6,8-9H,3-4,7H2,1-2H3,(H,14,15). The van der Waals surface area contributed by atoms with Gasteiger partial charge in [0, 0.05) is 24.7 Å². The molecule has 96 valence electrons. The average Bonchev–Trinajstić information content (AvgIpc) is 2.81. The highest BCUT2D eigenvalue weighted by Gasteiger charge is 2.09. The summed E-state index contributed by atoms with van der Waals surface area (Å²) in [7, 11) is 0. The van der Waals surface area contributed by atoms with E-state index < -0.39 is 0 Å². The number of aryl methyl sites for hydroxylation is 1. The third-order valence-electron chi connectivity index (χ3n) is 2.59. The maximum Gasteiger partial charge on any atom is 0.260 e. The third kappa shape index (κ3) is 2.61. The number of rotatable bonds is 5. The summed E-state index contributed by atoms with van der Waals surface area (Å²) in [5.41, 5.74) is 1.46. The lowest BCUT2D eigenvalue weighted by Gasteiger charge is -2.04. The summed E-state index contributed by atoms with van der Waals surface area (Å²) in [5, 5.41) is 5.94. The fourth-order valence-corrected chi connectivity index (χ4v) is 2.56. The van der Waals surface area contributed by atoms with Gasteiger partial charge in [-0.2, -0.15) is 0 Å². The van der Waals surface area contributed by atoms with Crippen molar-refractivity contribution in [3.8, 4) is 11.3 Å². The van der Waals surface area contributed by atoms with Crippen LogP contribution in [-0.2, 0) is 6.54 Å². The van der Waals surface area contributed by atoms with Crippen molar-refractivity contribution in [1.29, 1.82) is 0 Å². The van der Waals surface area contributed by atoms with Crippen LogP contribution in [0.1, 0.15) is 20.3 Å². The van der Waals surface area contributed by atoms with Gasteiger partial charge in [0.1, 0.15) is 0 Å². The Balaban J connectivity index is 2.37. The van der Waals surface area contributed by atoms with Crippen LogP contribution < -0.4 is 10.9 Å². The molecule has 0 aromatic carbocycles. The molecule has 4 nitrogen and oxygen atoms in total. The summed E-state index contributed by atoms with van der Waals surface area (Å²) < 4.78 is 1.74. The first-order valence-electron chi connectivity index (χ1n) is 6.15. The Morgan fingerprint density at radius 3 is 3.00 bits per heavy atom. The molecular formula is C13H17N3OS. The summed E-state index contributed by atoms with van der Waals surface area (Å²) in [6.45, 7) is 5.67. The van der Waals surface area contributed by atoms with E-state index in [0.717, 1.165) is 30.3 Å². The van der Waals surface area contributed by atoms with E-state index in [1.807, 2.05) is 30.6 Å². The van der Waals surface area contributed by atoms with Crippen LogP contribution in [0.2, 0.25) is 0 Å². The van der Waals surface area contributed by atoms with Crippen molar-refractivity contribution in [2.75, 3.05) is 11.9 Å². The van der Waals surface area contributed by atoms with Gasteiger partial charge in [-0.3, -0.25) is 4.79 Å². The summed E-state index contributed by atoms with van der Waals surface area (Å²) in [6.07, 6.45) is 2.77. The molecule has 0 amide bonds. The molecule has 0 spiro atoms. The van der Waals surface area contributed by atoms with Crippen LogP contribution in [0.3, 0.4) is 0 Å². The molecule has 0 saturated heterocycles. The Morgan fingerprint density at radius 2 is 2.28 bits per heavy atom. The third-order valence-corrected chi connectivity index (χ3v) is 3.39.